The molecule has 0 amide bonds. The molecule has 1 atom stereocenters. The van der Waals surface area contributed by atoms with Crippen LogP contribution in [0, 0.1) is 5.41 Å². The van der Waals surface area contributed by atoms with Crippen molar-refractivity contribution in [1.82, 2.24) is 0 Å². The quantitative estimate of drug-likeness (QED) is 0.480. The normalized spacial score (nSPS) is 36.1. The predicted molar refractivity (Wildman–Crippen MR) is 44.8 cm³/mol. The van der Waals surface area contributed by atoms with Crippen molar-refractivity contribution < 1.29 is 18.4 Å². The Morgan fingerprint density at radius 3 is 2.83 bits per heavy atom. The molecule has 3 heteroatoms. The maximum atomic E-state index is 11.3. The first-order chi connectivity index (χ1) is 6.58. The Bertz CT molecular complexity index is 272. The molecule has 1 saturated heterocycles. The van der Waals surface area contributed by atoms with Gasteiger partial charge in [-0.25, -0.2) is 0 Å². The molecule has 1 fully saturated rings. The van der Waals surface area contributed by atoms with Gasteiger partial charge in [-0.1, -0.05) is 0 Å². The van der Waals surface area contributed by atoms with Crippen LogP contribution in [0.4, 0.5) is 0 Å². The highest BCUT2D eigenvalue weighted by Gasteiger charge is 2.25. The third-order valence-electron chi connectivity index (χ3n) is 1.42. The average Bonchev–Trinajstić information content (AvgIpc) is 2.48. The first-order valence-corrected chi connectivity index (χ1v) is 3.96. The molecule has 0 N–H and O–H groups in total. The first-order valence-electron chi connectivity index (χ1n) is 5.46. The van der Waals surface area contributed by atoms with Gasteiger partial charge in [0.05, 0.1) is 28.8 Å². The molecule has 1 aliphatic rings. The van der Waals surface area contributed by atoms with Crippen LogP contribution in [-0.4, -0.2) is 25.2 Å². The number of rotatable bonds is 3. The van der Waals surface area contributed by atoms with Gasteiger partial charge in [-0.2, -0.15) is 0 Å². The van der Waals surface area contributed by atoms with Gasteiger partial charge in [-0.3, -0.25) is 4.79 Å². The summed E-state index contributed by atoms with van der Waals surface area (Å²) in [4.78, 5) is 11.3. The van der Waals surface area contributed by atoms with E-state index in [0.717, 1.165) is 0 Å². The Labute approximate surface area is 77.3 Å². The van der Waals surface area contributed by atoms with E-state index < -0.39 is 18.1 Å². The molecular formula is C9H16O3. The fraction of sp³-hybridized carbons (Fsp3) is 0.889. The smallest absolute Gasteiger partial charge is 0.311 e. The van der Waals surface area contributed by atoms with Crippen molar-refractivity contribution in [1.29, 1.82) is 0 Å². The fourth-order valence-electron chi connectivity index (χ4n) is 0.591. The molecule has 0 aliphatic carbocycles. The van der Waals surface area contributed by atoms with E-state index in [9.17, 15) is 4.79 Å². The number of esters is 1. The van der Waals surface area contributed by atoms with Gasteiger partial charge >= 0.3 is 5.97 Å². The van der Waals surface area contributed by atoms with Crippen LogP contribution in [0.2, 0.25) is 0 Å². The molecule has 1 rings (SSSR count). The number of hydrogen-bond acceptors (Lipinski definition) is 3. The van der Waals surface area contributed by atoms with Gasteiger partial charge in [-0.05, 0) is 20.8 Å². The molecule has 1 unspecified atom stereocenters. The second-order valence-corrected chi connectivity index (χ2v) is 3.76. The van der Waals surface area contributed by atoms with Crippen LogP contribution in [0.3, 0.4) is 0 Å². The van der Waals surface area contributed by atoms with Crippen molar-refractivity contribution in [3.8, 4) is 0 Å². The Kier molecular flexibility index (Phi) is 1.71. The summed E-state index contributed by atoms with van der Waals surface area (Å²) in [6, 6.07) is 0. The van der Waals surface area contributed by atoms with Crippen LogP contribution in [-0.2, 0) is 14.3 Å². The summed E-state index contributed by atoms with van der Waals surface area (Å²) in [7, 11) is 0. The molecule has 3 nitrogen and oxygen atoms in total. The van der Waals surface area contributed by atoms with Crippen LogP contribution in [0.15, 0.2) is 0 Å². The van der Waals surface area contributed by atoms with E-state index in [0.29, 0.717) is 0 Å². The topological polar surface area (TPSA) is 38.8 Å². The predicted octanol–water partition coefficient (Wildman–Crippen LogP) is 1.36. The van der Waals surface area contributed by atoms with Crippen molar-refractivity contribution in [3.05, 3.63) is 0 Å². The fourth-order valence-corrected chi connectivity index (χ4v) is 0.591. The van der Waals surface area contributed by atoms with Crippen LogP contribution in [0.25, 0.3) is 0 Å². The summed E-state index contributed by atoms with van der Waals surface area (Å²) >= 11 is 0. The van der Waals surface area contributed by atoms with Crippen molar-refractivity contribution in [2.24, 2.45) is 5.41 Å². The molecule has 1 heterocycles. The van der Waals surface area contributed by atoms with Crippen molar-refractivity contribution >= 4 is 5.97 Å². The minimum Gasteiger partial charge on any atom is -0.465 e. The number of hydrogen-bond donors (Lipinski definition) is 0. The lowest BCUT2D eigenvalue weighted by Gasteiger charge is -2.15. The van der Waals surface area contributed by atoms with E-state index in [2.05, 4.69) is 4.74 Å². The van der Waals surface area contributed by atoms with Crippen molar-refractivity contribution in [2.75, 3.05) is 13.2 Å². The van der Waals surface area contributed by atoms with E-state index >= 15 is 0 Å². The minimum absolute atomic E-state index is 0.0130. The third kappa shape index (κ3) is 3.22. The van der Waals surface area contributed by atoms with Gasteiger partial charge in [0, 0.05) is 6.42 Å². The van der Waals surface area contributed by atoms with Crippen molar-refractivity contribution in [2.45, 2.75) is 33.3 Å². The molecule has 0 aromatic rings. The standard InChI is InChI=1S/C9H16O3/c1-9(2,3)8(10)11-5-4-7-6-12-7/h7H,4-6H2,1-3H3/i6D2,7D. The Hall–Kier alpha value is -0.570. The lowest BCUT2D eigenvalue weighted by molar-refractivity contribution is -0.153. The summed E-state index contributed by atoms with van der Waals surface area (Å²) < 4.78 is 31.2. The molecule has 0 aromatic heterocycles. The highest BCUT2D eigenvalue weighted by Crippen LogP contribution is 2.17. The van der Waals surface area contributed by atoms with Gasteiger partial charge in [0.15, 0.2) is 0 Å². The monoisotopic (exact) mass is 175 g/mol. The second-order valence-electron chi connectivity index (χ2n) is 3.76. The average molecular weight is 175 g/mol. The van der Waals surface area contributed by atoms with E-state index in [4.69, 9.17) is 8.85 Å². The van der Waals surface area contributed by atoms with Gasteiger partial charge in [0.2, 0.25) is 0 Å². The van der Waals surface area contributed by atoms with Crippen LogP contribution in [0.1, 0.15) is 31.3 Å². The van der Waals surface area contributed by atoms with Gasteiger partial charge < -0.3 is 9.47 Å². The summed E-state index contributed by atoms with van der Waals surface area (Å²) in [6.07, 6.45) is -1.48. The molecule has 0 bridgehead atoms. The van der Waals surface area contributed by atoms with Crippen molar-refractivity contribution in [3.63, 3.8) is 0 Å². The Morgan fingerprint density at radius 2 is 2.42 bits per heavy atom. The number of epoxide rings is 1. The molecule has 0 spiro atoms. The molecule has 0 saturated carbocycles. The number of carbonyl (C=O) groups excluding carboxylic acids is 1. The van der Waals surface area contributed by atoms with E-state index in [1.807, 2.05) is 0 Å². The van der Waals surface area contributed by atoms with Crippen LogP contribution < -0.4 is 0 Å². The summed E-state index contributed by atoms with van der Waals surface area (Å²) in [5.74, 6) is -0.354. The van der Waals surface area contributed by atoms with E-state index in [1.165, 1.54) is 0 Å². The zero-order valence-electron chi connectivity index (χ0n) is 10.6. The van der Waals surface area contributed by atoms with Crippen LogP contribution >= 0.6 is 0 Å². The number of ether oxygens (including phenoxy) is 2. The summed E-state index contributed by atoms with van der Waals surface area (Å²) in [5, 5.41) is 0. The minimum atomic E-state index is -1.90. The zero-order chi connectivity index (χ0) is 11.9. The Balaban J connectivity index is 2.27. The molecule has 1 aliphatic heterocycles. The van der Waals surface area contributed by atoms with Crippen LogP contribution in [0.5, 0.6) is 0 Å². The first kappa shape index (κ1) is 5.97. The molecule has 0 radical (unpaired) electrons. The maximum absolute atomic E-state index is 11.3. The zero-order valence-corrected chi connectivity index (χ0v) is 7.64. The molecule has 12 heavy (non-hydrogen) atoms. The largest absolute Gasteiger partial charge is 0.465 e. The highest BCUT2D eigenvalue weighted by molar-refractivity contribution is 5.75. The molecule has 70 valence electrons. The highest BCUT2D eigenvalue weighted by atomic mass is 16.6. The summed E-state index contributed by atoms with van der Waals surface area (Å²) in [5.41, 5.74) is -0.571. The number of carbonyl (C=O) groups is 1. The van der Waals surface area contributed by atoms with E-state index in [1.54, 1.807) is 20.8 Å². The lowest BCUT2D eigenvalue weighted by atomic mass is 9.97. The maximum Gasteiger partial charge on any atom is 0.311 e. The third-order valence-corrected chi connectivity index (χ3v) is 1.42. The van der Waals surface area contributed by atoms with E-state index in [-0.39, 0.29) is 19.0 Å². The molecule has 0 aromatic carbocycles. The lowest BCUT2D eigenvalue weighted by Crippen LogP contribution is -2.23. The SMILES string of the molecule is [2H]C1([2H])OC1([2H])CCOC(=O)C(C)(C)C. The summed E-state index contributed by atoms with van der Waals surface area (Å²) in [6.45, 7) is 3.32. The second kappa shape index (κ2) is 3.44. The Morgan fingerprint density at radius 1 is 1.83 bits per heavy atom. The van der Waals surface area contributed by atoms with Gasteiger partial charge in [-0.15, -0.1) is 0 Å². The molecular weight excluding hydrogens is 156 g/mol. The van der Waals surface area contributed by atoms with Gasteiger partial charge in [0.25, 0.3) is 0 Å². The van der Waals surface area contributed by atoms with Gasteiger partial charge in [0.1, 0.15) is 0 Å².